The maximum atomic E-state index is 10.2. The Kier molecular flexibility index (Phi) is 3.72. The van der Waals surface area contributed by atoms with Crippen molar-refractivity contribution in [1.29, 1.82) is 0 Å². The van der Waals surface area contributed by atoms with Crippen molar-refractivity contribution in [1.82, 2.24) is 4.90 Å². The molecule has 1 aromatic rings. The van der Waals surface area contributed by atoms with Gasteiger partial charge in [0, 0.05) is 13.1 Å². The Balaban J connectivity index is 1.51. The highest BCUT2D eigenvalue weighted by atomic mass is 16.3. The average molecular weight is 257 g/mol. The van der Waals surface area contributed by atoms with Crippen LogP contribution in [0.2, 0.25) is 0 Å². The summed E-state index contributed by atoms with van der Waals surface area (Å²) in [5.74, 6) is 2.42. The SMILES string of the molecule is CN(C[C@H]1C[C@H]2C=C[C@H]1C2)C[C@@H](O)c1ccccc1. The molecule has 0 unspecified atom stereocenters. The number of likely N-dealkylation sites (N-methyl/N-ethyl adjacent to an activating group) is 1. The molecule has 1 saturated carbocycles. The van der Waals surface area contributed by atoms with Gasteiger partial charge in [-0.25, -0.2) is 0 Å². The third kappa shape index (κ3) is 2.90. The molecule has 0 amide bonds. The van der Waals surface area contributed by atoms with Crippen LogP contribution in [0.4, 0.5) is 0 Å². The van der Waals surface area contributed by atoms with Crippen LogP contribution in [0.5, 0.6) is 0 Å². The van der Waals surface area contributed by atoms with Crippen molar-refractivity contribution in [3.8, 4) is 0 Å². The molecule has 19 heavy (non-hydrogen) atoms. The highest BCUT2D eigenvalue weighted by molar-refractivity contribution is 5.17. The zero-order valence-electron chi connectivity index (χ0n) is 11.6. The number of aliphatic hydroxyl groups is 1. The zero-order valence-corrected chi connectivity index (χ0v) is 11.6. The Morgan fingerprint density at radius 2 is 2.00 bits per heavy atom. The van der Waals surface area contributed by atoms with Crippen molar-refractivity contribution in [2.24, 2.45) is 17.8 Å². The average Bonchev–Trinajstić information content (AvgIpc) is 3.02. The Labute approximate surface area is 115 Å². The molecule has 1 N–H and O–H groups in total. The van der Waals surface area contributed by atoms with E-state index in [2.05, 4.69) is 24.1 Å². The van der Waals surface area contributed by atoms with E-state index in [1.165, 1.54) is 12.8 Å². The Morgan fingerprint density at radius 3 is 2.63 bits per heavy atom. The normalized spacial score (nSPS) is 30.2. The minimum atomic E-state index is -0.375. The molecule has 0 heterocycles. The van der Waals surface area contributed by atoms with Gasteiger partial charge in [0.15, 0.2) is 0 Å². The topological polar surface area (TPSA) is 23.5 Å². The molecule has 2 aliphatic rings. The molecule has 2 nitrogen and oxygen atoms in total. The summed E-state index contributed by atoms with van der Waals surface area (Å²) in [7, 11) is 2.13. The second kappa shape index (κ2) is 5.48. The molecule has 0 spiro atoms. The van der Waals surface area contributed by atoms with E-state index in [9.17, 15) is 5.11 Å². The fourth-order valence-corrected chi connectivity index (χ4v) is 3.66. The van der Waals surface area contributed by atoms with Gasteiger partial charge in [-0.2, -0.15) is 0 Å². The summed E-state index contributed by atoms with van der Waals surface area (Å²) in [4.78, 5) is 2.29. The Morgan fingerprint density at radius 1 is 1.21 bits per heavy atom. The van der Waals surface area contributed by atoms with Crippen molar-refractivity contribution < 1.29 is 5.11 Å². The third-order valence-corrected chi connectivity index (χ3v) is 4.63. The van der Waals surface area contributed by atoms with Gasteiger partial charge in [-0.3, -0.25) is 0 Å². The first-order chi connectivity index (χ1) is 9.22. The van der Waals surface area contributed by atoms with Gasteiger partial charge in [-0.05, 0) is 43.2 Å². The lowest BCUT2D eigenvalue weighted by Gasteiger charge is -2.27. The molecule has 1 aromatic carbocycles. The number of allylic oxidation sites excluding steroid dienone is 2. The number of hydrogen-bond donors (Lipinski definition) is 1. The molecule has 2 heteroatoms. The largest absolute Gasteiger partial charge is 0.387 e. The lowest BCUT2D eigenvalue weighted by Crippen LogP contribution is -2.31. The fourth-order valence-electron chi connectivity index (χ4n) is 3.66. The van der Waals surface area contributed by atoms with E-state index in [0.29, 0.717) is 0 Å². The molecule has 102 valence electrons. The van der Waals surface area contributed by atoms with Crippen LogP contribution in [0.1, 0.15) is 24.5 Å². The van der Waals surface area contributed by atoms with Gasteiger partial charge in [0.25, 0.3) is 0 Å². The summed E-state index contributed by atoms with van der Waals surface area (Å²) in [6.45, 7) is 1.83. The number of hydrogen-bond acceptors (Lipinski definition) is 2. The summed E-state index contributed by atoms with van der Waals surface area (Å²) in [5, 5.41) is 10.2. The molecular formula is C17H23NO. The van der Waals surface area contributed by atoms with Crippen LogP contribution in [0.15, 0.2) is 42.5 Å². The van der Waals surface area contributed by atoms with Gasteiger partial charge in [-0.1, -0.05) is 42.5 Å². The second-order valence-corrected chi connectivity index (χ2v) is 6.19. The van der Waals surface area contributed by atoms with Crippen LogP contribution in [0.25, 0.3) is 0 Å². The molecule has 2 aliphatic carbocycles. The first-order valence-electron chi connectivity index (χ1n) is 7.32. The van der Waals surface area contributed by atoms with E-state index in [0.717, 1.165) is 36.4 Å². The first kappa shape index (κ1) is 12.9. The van der Waals surface area contributed by atoms with Crippen molar-refractivity contribution >= 4 is 0 Å². The first-order valence-corrected chi connectivity index (χ1v) is 7.32. The molecule has 2 bridgehead atoms. The lowest BCUT2D eigenvalue weighted by molar-refractivity contribution is 0.115. The van der Waals surface area contributed by atoms with Gasteiger partial charge in [-0.15, -0.1) is 0 Å². The van der Waals surface area contributed by atoms with Crippen molar-refractivity contribution in [3.05, 3.63) is 48.0 Å². The number of rotatable bonds is 5. The molecule has 3 rings (SSSR count). The van der Waals surface area contributed by atoms with Gasteiger partial charge >= 0.3 is 0 Å². The molecule has 4 atom stereocenters. The van der Waals surface area contributed by atoms with Crippen LogP contribution in [-0.4, -0.2) is 30.1 Å². The maximum absolute atomic E-state index is 10.2. The molecule has 0 radical (unpaired) electrons. The molecule has 0 aliphatic heterocycles. The number of nitrogens with zero attached hydrogens (tertiary/aromatic N) is 1. The highest BCUT2D eigenvalue weighted by Crippen LogP contribution is 2.43. The monoisotopic (exact) mass is 257 g/mol. The van der Waals surface area contributed by atoms with E-state index < -0.39 is 0 Å². The van der Waals surface area contributed by atoms with Crippen LogP contribution in [-0.2, 0) is 0 Å². The number of benzene rings is 1. The quantitative estimate of drug-likeness (QED) is 0.820. The van der Waals surface area contributed by atoms with Gasteiger partial charge < -0.3 is 10.0 Å². The predicted molar refractivity (Wildman–Crippen MR) is 77.7 cm³/mol. The number of aliphatic hydroxyl groups excluding tert-OH is 1. The van der Waals surface area contributed by atoms with Gasteiger partial charge in [0.2, 0.25) is 0 Å². The van der Waals surface area contributed by atoms with Crippen LogP contribution < -0.4 is 0 Å². The zero-order chi connectivity index (χ0) is 13.2. The van der Waals surface area contributed by atoms with Gasteiger partial charge in [0.05, 0.1) is 6.10 Å². The molecule has 0 saturated heterocycles. The number of fused-ring (bicyclic) bond motifs is 2. The second-order valence-electron chi connectivity index (χ2n) is 6.19. The van der Waals surface area contributed by atoms with E-state index in [4.69, 9.17) is 0 Å². The van der Waals surface area contributed by atoms with Crippen LogP contribution in [0, 0.1) is 17.8 Å². The third-order valence-electron chi connectivity index (χ3n) is 4.63. The molecule has 0 aromatic heterocycles. The smallest absolute Gasteiger partial charge is 0.0916 e. The summed E-state index contributed by atoms with van der Waals surface area (Å²) in [6.07, 6.45) is 7.12. The summed E-state index contributed by atoms with van der Waals surface area (Å²) < 4.78 is 0. The summed E-state index contributed by atoms with van der Waals surface area (Å²) in [5.41, 5.74) is 1.02. The lowest BCUT2D eigenvalue weighted by atomic mass is 9.93. The van der Waals surface area contributed by atoms with Gasteiger partial charge in [0.1, 0.15) is 0 Å². The summed E-state index contributed by atoms with van der Waals surface area (Å²) >= 11 is 0. The fraction of sp³-hybridized carbons (Fsp3) is 0.529. The molecular weight excluding hydrogens is 234 g/mol. The minimum absolute atomic E-state index is 0.375. The van der Waals surface area contributed by atoms with E-state index in [-0.39, 0.29) is 6.10 Å². The minimum Gasteiger partial charge on any atom is -0.387 e. The van der Waals surface area contributed by atoms with E-state index in [1.54, 1.807) is 0 Å². The van der Waals surface area contributed by atoms with E-state index >= 15 is 0 Å². The summed E-state index contributed by atoms with van der Waals surface area (Å²) in [6, 6.07) is 9.96. The van der Waals surface area contributed by atoms with Crippen LogP contribution in [0.3, 0.4) is 0 Å². The van der Waals surface area contributed by atoms with Crippen LogP contribution >= 0.6 is 0 Å². The Bertz CT molecular complexity index is 442. The standard InChI is InChI=1S/C17H23NO/c1-18(11-16-10-13-7-8-15(16)9-13)12-17(19)14-5-3-2-4-6-14/h2-8,13,15-17,19H,9-12H2,1H3/t13-,15-,16+,17+/m0/s1. The van der Waals surface area contributed by atoms with E-state index in [1.807, 2.05) is 30.3 Å². The van der Waals surface area contributed by atoms with Crippen molar-refractivity contribution in [2.75, 3.05) is 20.1 Å². The Hall–Kier alpha value is -1.12. The van der Waals surface area contributed by atoms with Crippen molar-refractivity contribution in [3.63, 3.8) is 0 Å². The predicted octanol–water partition coefficient (Wildman–Crippen LogP) is 2.86. The maximum Gasteiger partial charge on any atom is 0.0916 e. The highest BCUT2D eigenvalue weighted by Gasteiger charge is 2.35. The van der Waals surface area contributed by atoms with Crippen molar-refractivity contribution in [2.45, 2.75) is 18.9 Å². The molecule has 1 fully saturated rings.